The Labute approximate surface area is 179 Å². The first-order chi connectivity index (χ1) is 14.9. The smallest absolute Gasteiger partial charge is 0.265 e. The number of furan rings is 1. The lowest BCUT2D eigenvalue weighted by molar-refractivity contribution is -0.121. The van der Waals surface area contributed by atoms with Gasteiger partial charge in [-0.2, -0.15) is 4.98 Å². The molecule has 0 unspecified atom stereocenters. The third-order valence-corrected chi connectivity index (χ3v) is 6.33. The van der Waals surface area contributed by atoms with Crippen LogP contribution in [0.1, 0.15) is 31.3 Å². The van der Waals surface area contributed by atoms with Crippen LogP contribution < -0.4 is 14.4 Å². The Bertz CT molecular complexity index is 1170. The van der Waals surface area contributed by atoms with Crippen molar-refractivity contribution in [1.29, 1.82) is 0 Å². The van der Waals surface area contributed by atoms with Crippen LogP contribution in [0.4, 0.5) is 5.69 Å². The number of rotatable bonds is 8. The van der Waals surface area contributed by atoms with Crippen molar-refractivity contribution in [3.05, 3.63) is 54.1 Å². The van der Waals surface area contributed by atoms with Crippen LogP contribution in [0.15, 0.2) is 50.4 Å². The van der Waals surface area contributed by atoms with Crippen LogP contribution in [0.5, 0.6) is 5.75 Å². The monoisotopic (exact) mass is 446 g/mol. The number of hydrogen-bond donors (Lipinski definition) is 1. The molecule has 0 aliphatic carbocycles. The van der Waals surface area contributed by atoms with Crippen molar-refractivity contribution >= 4 is 21.6 Å². The van der Waals surface area contributed by atoms with E-state index in [-0.39, 0.29) is 24.0 Å². The molecule has 1 N–H and O–H groups in total. The molecule has 0 radical (unpaired) electrons. The standard InChI is InChI=1S/C20H22N4O6S/c1-3-19-21-18(22-30-19)11-24-16-10-15(6-7-17(16)29-12-20(24)25)31(26,27)23-13(2)9-14-5-4-8-28-14/h4-8,10,13,23H,3,9,11-12H2,1-2H3/t13-/m0/s1. The lowest BCUT2D eigenvalue weighted by Gasteiger charge is -2.29. The summed E-state index contributed by atoms with van der Waals surface area (Å²) in [6.45, 7) is 3.52. The van der Waals surface area contributed by atoms with Gasteiger partial charge in [0.25, 0.3) is 5.91 Å². The Hall–Kier alpha value is -3.18. The molecular weight excluding hydrogens is 424 g/mol. The largest absolute Gasteiger partial charge is 0.482 e. The van der Waals surface area contributed by atoms with Crippen molar-refractivity contribution in [2.75, 3.05) is 11.5 Å². The van der Waals surface area contributed by atoms with Gasteiger partial charge in [0.05, 0.1) is 23.4 Å². The molecule has 1 amide bonds. The topological polar surface area (TPSA) is 128 Å². The third-order valence-electron chi connectivity index (χ3n) is 4.74. The predicted molar refractivity (Wildman–Crippen MR) is 109 cm³/mol. The average molecular weight is 446 g/mol. The molecule has 1 aromatic carbocycles. The quantitative estimate of drug-likeness (QED) is 0.557. The number of hydrogen-bond acceptors (Lipinski definition) is 8. The zero-order valence-corrected chi connectivity index (χ0v) is 17.9. The van der Waals surface area contributed by atoms with Gasteiger partial charge in [-0.05, 0) is 37.3 Å². The van der Waals surface area contributed by atoms with Gasteiger partial charge in [0, 0.05) is 18.9 Å². The van der Waals surface area contributed by atoms with Crippen LogP contribution in [0.2, 0.25) is 0 Å². The van der Waals surface area contributed by atoms with Crippen molar-refractivity contribution in [3.8, 4) is 5.75 Å². The molecule has 1 aliphatic rings. The Morgan fingerprint density at radius 3 is 2.84 bits per heavy atom. The highest BCUT2D eigenvalue weighted by Crippen LogP contribution is 2.35. The highest BCUT2D eigenvalue weighted by atomic mass is 32.2. The maximum atomic E-state index is 12.9. The van der Waals surface area contributed by atoms with Crippen LogP contribution in [0, 0.1) is 0 Å². The zero-order valence-electron chi connectivity index (χ0n) is 17.1. The molecule has 2 aromatic heterocycles. The van der Waals surface area contributed by atoms with Gasteiger partial charge in [0.15, 0.2) is 12.4 Å². The molecule has 0 spiro atoms. The number of benzene rings is 1. The number of aryl methyl sites for hydroxylation is 1. The predicted octanol–water partition coefficient (Wildman–Crippen LogP) is 2.06. The zero-order chi connectivity index (χ0) is 22.0. The number of ether oxygens (including phenoxy) is 1. The first-order valence-electron chi connectivity index (χ1n) is 9.79. The van der Waals surface area contributed by atoms with Crippen LogP contribution >= 0.6 is 0 Å². The number of aromatic nitrogens is 2. The van der Waals surface area contributed by atoms with Gasteiger partial charge in [-0.1, -0.05) is 12.1 Å². The summed E-state index contributed by atoms with van der Waals surface area (Å²) in [5.74, 6) is 1.54. The minimum atomic E-state index is -3.84. The van der Waals surface area contributed by atoms with Gasteiger partial charge in [0.1, 0.15) is 11.5 Å². The molecule has 10 nitrogen and oxygen atoms in total. The third kappa shape index (κ3) is 4.62. The maximum Gasteiger partial charge on any atom is 0.265 e. The van der Waals surface area contributed by atoms with E-state index >= 15 is 0 Å². The molecule has 31 heavy (non-hydrogen) atoms. The summed E-state index contributed by atoms with van der Waals surface area (Å²) in [5, 5.41) is 3.87. The maximum absolute atomic E-state index is 12.9. The van der Waals surface area contributed by atoms with E-state index in [1.807, 2.05) is 6.92 Å². The van der Waals surface area contributed by atoms with Crippen LogP contribution in [-0.2, 0) is 34.2 Å². The van der Waals surface area contributed by atoms with Gasteiger partial charge in [-0.3, -0.25) is 9.69 Å². The van der Waals surface area contributed by atoms with E-state index in [1.165, 1.54) is 23.1 Å². The molecule has 0 saturated carbocycles. The first kappa shape index (κ1) is 21.1. The van der Waals surface area contributed by atoms with Gasteiger partial charge in [-0.25, -0.2) is 13.1 Å². The normalized spacial score (nSPS) is 14.9. The number of carbonyl (C=O) groups excluding carboxylic acids is 1. The van der Waals surface area contributed by atoms with Gasteiger partial charge in [-0.15, -0.1) is 0 Å². The lowest BCUT2D eigenvalue weighted by Crippen LogP contribution is -2.39. The summed E-state index contributed by atoms with van der Waals surface area (Å²) >= 11 is 0. The molecule has 0 bridgehead atoms. The molecule has 164 valence electrons. The number of fused-ring (bicyclic) bond motifs is 1. The number of amides is 1. The molecular formula is C20H22N4O6S. The van der Waals surface area contributed by atoms with Crippen LogP contribution in [-0.4, -0.2) is 37.1 Å². The molecule has 11 heteroatoms. The second-order valence-corrected chi connectivity index (χ2v) is 8.88. The van der Waals surface area contributed by atoms with Crippen molar-refractivity contribution in [3.63, 3.8) is 0 Å². The average Bonchev–Trinajstić information content (AvgIpc) is 3.41. The molecule has 1 atom stereocenters. The second-order valence-electron chi connectivity index (χ2n) is 7.16. The highest BCUT2D eigenvalue weighted by Gasteiger charge is 2.29. The summed E-state index contributed by atoms with van der Waals surface area (Å²) < 4.78 is 44.3. The van der Waals surface area contributed by atoms with Crippen LogP contribution in [0.25, 0.3) is 0 Å². The van der Waals surface area contributed by atoms with E-state index in [0.717, 1.165) is 0 Å². The number of nitrogens with one attached hydrogen (secondary N) is 1. The van der Waals surface area contributed by atoms with Crippen LogP contribution in [0.3, 0.4) is 0 Å². The molecule has 0 fully saturated rings. The fourth-order valence-corrected chi connectivity index (χ4v) is 4.53. The summed E-state index contributed by atoms with van der Waals surface area (Å²) in [6.07, 6.45) is 2.52. The number of anilines is 1. The SMILES string of the molecule is CCc1nc(CN2C(=O)COc3ccc(S(=O)(=O)N[C@@H](C)Cc4ccco4)cc32)no1. The lowest BCUT2D eigenvalue weighted by atomic mass is 10.2. The van der Waals surface area contributed by atoms with Gasteiger partial charge >= 0.3 is 0 Å². The molecule has 3 aromatic rings. The van der Waals surface area contributed by atoms with Gasteiger partial charge < -0.3 is 13.7 Å². The summed E-state index contributed by atoms with van der Waals surface area (Å²) in [4.78, 5) is 18.1. The minimum absolute atomic E-state index is 0.0169. The summed E-state index contributed by atoms with van der Waals surface area (Å²) in [7, 11) is -3.84. The summed E-state index contributed by atoms with van der Waals surface area (Å²) in [5.41, 5.74) is 0.334. The van der Waals surface area contributed by atoms with Crippen molar-refractivity contribution in [2.24, 2.45) is 0 Å². The van der Waals surface area contributed by atoms with Crippen molar-refractivity contribution in [2.45, 2.75) is 44.2 Å². The Morgan fingerprint density at radius 2 is 2.13 bits per heavy atom. The molecule has 1 aliphatic heterocycles. The fourth-order valence-electron chi connectivity index (χ4n) is 3.27. The molecule has 4 rings (SSSR count). The van der Waals surface area contributed by atoms with E-state index < -0.39 is 16.1 Å². The number of sulfonamides is 1. The van der Waals surface area contributed by atoms with E-state index in [0.29, 0.717) is 41.8 Å². The van der Waals surface area contributed by atoms with E-state index in [2.05, 4.69) is 14.9 Å². The fraction of sp³-hybridized carbons (Fsp3) is 0.350. The number of carbonyl (C=O) groups is 1. The minimum Gasteiger partial charge on any atom is -0.482 e. The van der Waals surface area contributed by atoms with Crippen molar-refractivity contribution in [1.82, 2.24) is 14.9 Å². The number of nitrogens with zero attached hydrogens (tertiary/aromatic N) is 3. The first-order valence-corrected chi connectivity index (χ1v) is 11.3. The Kier molecular flexibility index (Phi) is 5.79. The van der Waals surface area contributed by atoms with Crippen molar-refractivity contribution < 1.29 is 26.9 Å². The summed E-state index contributed by atoms with van der Waals surface area (Å²) in [6, 6.07) is 7.53. The Morgan fingerprint density at radius 1 is 1.29 bits per heavy atom. The van der Waals surface area contributed by atoms with E-state index in [9.17, 15) is 13.2 Å². The Balaban J connectivity index is 1.58. The van der Waals surface area contributed by atoms with Gasteiger partial charge in [0.2, 0.25) is 15.9 Å². The molecule has 0 saturated heterocycles. The molecule has 3 heterocycles. The van der Waals surface area contributed by atoms with E-state index in [4.69, 9.17) is 13.7 Å². The van der Waals surface area contributed by atoms with E-state index in [1.54, 1.807) is 25.3 Å². The second kappa shape index (κ2) is 8.52. The highest BCUT2D eigenvalue weighted by molar-refractivity contribution is 7.89.